The lowest BCUT2D eigenvalue weighted by Crippen LogP contribution is -2.12. The smallest absolute Gasteiger partial charge is 0.344 e. The predicted octanol–water partition coefficient (Wildman–Crippen LogP) is 12.9. The van der Waals surface area contributed by atoms with Crippen LogP contribution in [0.25, 0.3) is 0 Å². The first-order chi connectivity index (χ1) is 19.8. The Hall–Kier alpha value is -1.36. The summed E-state index contributed by atoms with van der Waals surface area (Å²) in [5.74, 6) is 0. The van der Waals surface area contributed by atoms with Crippen molar-refractivity contribution in [1.29, 1.82) is 0 Å². The molecule has 0 aliphatic rings. The van der Waals surface area contributed by atoms with Gasteiger partial charge < -0.3 is 6.15 Å². The third-order valence-electron chi connectivity index (χ3n) is 7.71. The van der Waals surface area contributed by atoms with Gasteiger partial charge in [0.05, 0.1) is 0 Å². The highest BCUT2D eigenvalue weighted by molar-refractivity contribution is 4.82. The van der Waals surface area contributed by atoms with Gasteiger partial charge in [0.1, 0.15) is 4.91 Å². The van der Waals surface area contributed by atoms with Crippen LogP contribution in [0.2, 0.25) is 0 Å². The van der Waals surface area contributed by atoms with Crippen LogP contribution in [0, 0.1) is 4.91 Å². The molecule has 0 bridgehead atoms. The van der Waals surface area contributed by atoms with Gasteiger partial charge in [-0.3, -0.25) is 0 Å². The molecular weight excluding hydrogens is 508 g/mol. The molecule has 5 heteroatoms. The molecular formula is C36H73N2O3+. The maximum absolute atomic E-state index is 11.6. The molecule has 0 aliphatic carbocycles. The molecule has 0 aromatic rings. The first-order valence-corrected chi connectivity index (χ1v) is 17.8. The predicted molar refractivity (Wildman–Crippen MR) is 179 cm³/mol. The second-order valence-electron chi connectivity index (χ2n) is 11.8. The van der Waals surface area contributed by atoms with Gasteiger partial charge in [-0.25, -0.2) is 0 Å². The molecule has 0 saturated carbocycles. The SMILES string of the molecule is CCCCCCCC/C=C\CCCCCCCCO[N+](=O)OCCCCCCCC/C=C\CCCCCCCC.N. The fourth-order valence-corrected chi connectivity index (χ4v) is 5.01. The molecule has 41 heavy (non-hydrogen) atoms. The van der Waals surface area contributed by atoms with Crippen LogP contribution in [0.15, 0.2) is 24.3 Å². The third-order valence-corrected chi connectivity index (χ3v) is 7.71. The van der Waals surface area contributed by atoms with Crippen molar-refractivity contribution in [3.05, 3.63) is 29.2 Å². The van der Waals surface area contributed by atoms with E-state index >= 15 is 0 Å². The molecule has 3 N–H and O–H groups in total. The number of unbranched alkanes of at least 4 members (excludes halogenated alkanes) is 24. The maximum atomic E-state index is 11.6. The summed E-state index contributed by atoms with van der Waals surface area (Å²) in [4.78, 5) is 21.9. The van der Waals surface area contributed by atoms with E-state index in [4.69, 9.17) is 9.68 Å². The number of hydrogen-bond donors (Lipinski definition) is 1. The van der Waals surface area contributed by atoms with Crippen LogP contribution in [0.5, 0.6) is 0 Å². The number of allylic oxidation sites excluding steroid dienone is 4. The standard InChI is InChI=1S/C36H70NO3.H3N/c1-3-5-7-9-11-13-15-17-19-21-23-25-27-29-31-33-35-39-37(38)40-36-34-32-30-28-26-24-22-20-18-16-14-12-10-8-6-4-2;/h17-20H,3-16,21-36H2,1-2H3;1H3/q+1;/b19-17-,20-18-;. The van der Waals surface area contributed by atoms with Gasteiger partial charge in [0.15, 0.2) is 13.2 Å². The molecule has 5 nitrogen and oxygen atoms in total. The Balaban J connectivity index is 0. The summed E-state index contributed by atoms with van der Waals surface area (Å²) in [6.45, 7) is 5.46. The summed E-state index contributed by atoms with van der Waals surface area (Å²) in [5, 5.41) is 0.328. The molecule has 0 atom stereocenters. The Morgan fingerprint density at radius 2 is 0.634 bits per heavy atom. The lowest BCUT2D eigenvalue weighted by atomic mass is 10.1. The Morgan fingerprint density at radius 1 is 0.390 bits per heavy atom. The first-order valence-electron chi connectivity index (χ1n) is 17.8. The first kappa shape index (κ1) is 41.8. The Kier molecular flexibility index (Phi) is 39.4. The molecule has 0 unspecified atom stereocenters. The third kappa shape index (κ3) is 38.6. The Labute approximate surface area is 256 Å². The van der Waals surface area contributed by atoms with Gasteiger partial charge in [-0.15, -0.1) is 0 Å². The summed E-state index contributed by atoms with van der Waals surface area (Å²) >= 11 is 0. The minimum absolute atomic E-state index is 0. The highest BCUT2D eigenvalue weighted by atomic mass is 17.0. The van der Waals surface area contributed by atoms with Crippen LogP contribution >= 0.6 is 0 Å². The van der Waals surface area contributed by atoms with Crippen LogP contribution in [-0.2, 0) is 9.68 Å². The van der Waals surface area contributed by atoms with Crippen molar-refractivity contribution in [3.8, 4) is 0 Å². The topological polar surface area (TPSA) is 73.5 Å². The van der Waals surface area contributed by atoms with Crippen molar-refractivity contribution in [3.63, 3.8) is 0 Å². The van der Waals surface area contributed by atoms with Crippen LogP contribution in [0.1, 0.15) is 194 Å². The van der Waals surface area contributed by atoms with E-state index in [-0.39, 0.29) is 6.15 Å². The zero-order valence-electron chi connectivity index (χ0n) is 27.9. The molecule has 0 amide bonds. The molecule has 0 aliphatic heterocycles. The highest BCUT2D eigenvalue weighted by Crippen LogP contribution is 2.12. The largest absolute Gasteiger partial charge is 0.477 e. The molecule has 0 radical (unpaired) electrons. The van der Waals surface area contributed by atoms with Crippen LogP contribution < -0.4 is 6.15 Å². The van der Waals surface area contributed by atoms with E-state index in [2.05, 4.69) is 38.2 Å². The highest BCUT2D eigenvalue weighted by Gasteiger charge is 2.11. The summed E-state index contributed by atoms with van der Waals surface area (Å²) < 4.78 is 0. The summed E-state index contributed by atoms with van der Waals surface area (Å²) in [7, 11) is 0. The monoisotopic (exact) mass is 582 g/mol. The van der Waals surface area contributed by atoms with Gasteiger partial charge in [0.25, 0.3) is 0 Å². The van der Waals surface area contributed by atoms with E-state index in [0.717, 1.165) is 25.7 Å². The molecule has 0 saturated heterocycles. The second kappa shape index (κ2) is 38.6. The number of rotatable bonds is 34. The van der Waals surface area contributed by atoms with Gasteiger partial charge in [-0.05, 0) is 77.0 Å². The molecule has 0 aromatic heterocycles. The van der Waals surface area contributed by atoms with Crippen LogP contribution in [0.3, 0.4) is 0 Å². The van der Waals surface area contributed by atoms with Crippen molar-refractivity contribution in [1.82, 2.24) is 6.15 Å². The summed E-state index contributed by atoms with van der Waals surface area (Å²) in [6, 6.07) is 0. The quantitative estimate of drug-likeness (QED) is 0.0466. The van der Waals surface area contributed by atoms with E-state index < -0.39 is 0 Å². The van der Waals surface area contributed by atoms with E-state index in [9.17, 15) is 4.91 Å². The van der Waals surface area contributed by atoms with Gasteiger partial charge >= 0.3 is 5.09 Å². The van der Waals surface area contributed by atoms with Crippen molar-refractivity contribution in [2.24, 2.45) is 0 Å². The zero-order valence-corrected chi connectivity index (χ0v) is 27.9. The average molecular weight is 582 g/mol. The molecule has 244 valence electrons. The number of nitrogens with zero attached hydrogens (tertiary/aromatic N) is 1. The lowest BCUT2D eigenvalue weighted by Gasteiger charge is -2.00. The molecule has 0 spiro atoms. The Bertz CT molecular complexity index is 505. The van der Waals surface area contributed by atoms with Crippen LogP contribution in [-0.4, -0.2) is 18.3 Å². The lowest BCUT2D eigenvalue weighted by molar-refractivity contribution is -0.981. The van der Waals surface area contributed by atoms with Crippen molar-refractivity contribution >= 4 is 0 Å². The van der Waals surface area contributed by atoms with Crippen molar-refractivity contribution in [2.45, 2.75) is 194 Å². The van der Waals surface area contributed by atoms with Gasteiger partial charge in [0.2, 0.25) is 0 Å². The van der Waals surface area contributed by atoms with E-state index in [0.29, 0.717) is 18.3 Å². The average Bonchev–Trinajstić information content (AvgIpc) is 2.96. The normalized spacial score (nSPS) is 11.4. The minimum atomic E-state index is 0. The van der Waals surface area contributed by atoms with E-state index in [1.165, 1.54) is 154 Å². The summed E-state index contributed by atoms with van der Waals surface area (Å²) in [6.07, 6.45) is 45.3. The fourth-order valence-electron chi connectivity index (χ4n) is 5.01. The van der Waals surface area contributed by atoms with E-state index in [1.54, 1.807) is 0 Å². The summed E-state index contributed by atoms with van der Waals surface area (Å²) in [5.41, 5.74) is 0. The minimum Gasteiger partial charge on any atom is -0.344 e. The van der Waals surface area contributed by atoms with E-state index in [1.807, 2.05) is 0 Å². The van der Waals surface area contributed by atoms with Crippen molar-refractivity contribution < 1.29 is 14.8 Å². The maximum Gasteiger partial charge on any atom is 0.477 e. The molecule has 0 heterocycles. The second-order valence-corrected chi connectivity index (χ2v) is 11.8. The Morgan fingerprint density at radius 3 is 0.927 bits per heavy atom. The molecule has 0 fully saturated rings. The molecule has 0 rings (SSSR count). The molecule has 0 aromatic carbocycles. The van der Waals surface area contributed by atoms with Crippen molar-refractivity contribution in [2.75, 3.05) is 13.2 Å². The van der Waals surface area contributed by atoms with Gasteiger partial charge in [0, 0.05) is 0 Å². The number of hydrogen-bond acceptors (Lipinski definition) is 4. The van der Waals surface area contributed by atoms with Gasteiger partial charge in [-0.1, -0.05) is 141 Å². The van der Waals surface area contributed by atoms with Gasteiger partial charge in [-0.2, -0.15) is 9.68 Å². The zero-order chi connectivity index (χ0) is 29.0. The fraction of sp³-hybridized carbons (Fsp3) is 0.889. The van der Waals surface area contributed by atoms with Crippen LogP contribution in [0.4, 0.5) is 0 Å².